The number of hydrogen-bond acceptors (Lipinski definition) is 8. The van der Waals surface area contributed by atoms with Crippen LogP contribution in [-0.4, -0.2) is 76.0 Å². The fraction of sp³-hybridized carbons (Fsp3) is 0.529. The number of carbonyl (C=O) groups excluding carboxylic acids is 2. The molecule has 0 radical (unpaired) electrons. The predicted octanol–water partition coefficient (Wildman–Crippen LogP) is 5.82. The van der Waals surface area contributed by atoms with Crippen molar-refractivity contribution in [3.8, 4) is 0 Å². The Morgan fingerprint density at radius 3 is 2.14 bits per heavy atom. The summed E-state index contributed by atoms with van der Waals surface area (Å²) in [5, 5.41) is 3.44. The molecule has 1 N–H and O–H groups in total. The van der Waals surface area contributed by atoms with E-state index < -0.39 is 0 Å². The monoisotopic (exact) mass is 734 g/mol. The molecule has 2 aliphatic heterocycles. The van der Waals surface area contributed by atoms with Crippen LogP contribution in [0.5, 0.6) is 0 Å². The zero-order valence-corrected chi connectivity index (χ0v) is 29.0. The maximum absolute atomic E-state index is 11.5. The summed E-state index contributed by atoms with van der Waals surface area (Å²) < 4.78 is 24.0. The van der Waals surface area contributed by atoms with Crippen molar-refractivity contribution in [1.82, 2.24) is 10.2 Å². The number of carbonyl (C=O) groups is 2. The normalized spacial score (nSPS) is 23.5. The van der Waals surface area contributed by atoms with Crippen molar-refractivity contribution in [1.29, 1.82) is 0 Å². The molecule has 2 saturated heterocycles. The molecule has 10 heteroatoms. The van der Waals surface area contributed by atoms with Crippen molar-refractivity contribution < 1.29 is 28.5 Å². The maximum atomic E-state index is 11.5. The highest BCUT2D eigenvalue weighted by molar-refractivity contribution is 9.10. The Kier molecular flexibility index (Phi) is 13.0. The third-order valence-corrected chi connectivity index (χ3v) is 9.42. The molecule has 2 aliphatic carbocycles. The maximum Gasteiger partial charge on any atom is 0.330 e. The van der Waals surface area contributed by atoms with Crippen molar-refractivity contribution in [2.24, 2.45) is 0 Å². The second-order valence-corrected chi connectivity index (χ2v) is 13.1. The van der Waals surface area contributed by atoms with Crippen LogP contribution in [0.15, 0.2) is 58.0 Å². The quantitative estimate of drug-likeness (QED) is 0.294. The fourth-order valence-corrected chi connectivity index (χ4v) is 7.22. The van der Waals surface area contributed by atoms with E-state index in [1.165, 1.54) is 26.7 Å². The number of benzene rings is 2. The van der Waals surface area contributed by atoms with E-state index in [1.54, 1.807) is 6.92 Å². The van der Waals surface area contributed by atoms with Crippen LogP contribution in [0.2, 0.25) is 0 Å². The van der Waals surface area contributed by atoms with Gasteiger partial charge in [-0.3, -0.25) is 9.69 Å². The highest BCUT2D eigenvalue weighted by Crippen LogP contribution is 2.43. The summed E-state index contributed by atoms with van der Waals surface area (Å²) in [6.07, 6.45) is 5.93. The molecule has 6 rings (SSSR count). The van der Waals surface area contributed by atoms with Gasteiger partial charge >= 0.3 is 11.9 Å². The highest BCUT2D eigenvalue weighted by Gasteiger charge is 2.43. The Morgan fingerprint density at radius 2 is 1.57 bits per heavy atom. The largest absolute Gasteiger partial charge is 0.466 e. The second kappa shape index (κ2) is 16.5. The minimum Gasteiger partial charge on any atom is -0.466 e. The number of ether oxygens (including phenoxy) is 4. The van der Waals surface area contributed by atoms with E-state index >= 15 is 0 Å². The summed E-state index contributed by atoms with van der Waals surface area (Å²) >= 11 is 7.06. The lowest BCUT2D eigenvalue weighted by Gasteiger charge is -2.41. The summed E-state index contributed by atoms with van der Waals surface area (Å²) in [7, 11) is 0. The molecule has 0 unspecified atom stereocenters. The van der Waals surface area contributed by atoms with E-state index in [-0.39, 0.29) is 23.1 Å². The van der Waals surface area contributed by atoms with Crippen LogP contribution in [0.4, 0.5) is 0 Å². The third-order valence-electron chi connectivity index (χ3n) is 8.44. The molecule has 0 saturated carbocycles. The first-order valence-electron chi connectivity index (χ1n) is 15.5. The molecule has 2 heterocycles. The zero-order chi connectivity index (χ0) is 31.6. The molecule has 0 aromatic heterocycles. The van der Waals surface area contributed by atoms with Gasteiger partial charge in [0.05, 0.1) is 32.8 Å². The summed E-state index contributed by atoms with van der Waals surface area (Å²) in [5.74, 6) is -0.471. The molecule has 2 atom stereocenters. The van der Waals surface area contributed by atoms with Crippen molar-refractivity contribution in [3.05, 3.63) is 80.3 Å². The standard InChI is InChI=1S/C17H22BrNO3.C12H14BrNO.C5H8O2/c1-2-21-16(20)6-8-19-9-10-22-17(12-19)7-5-13-11-14(18)3-4-15(13)17;13-10-1-2-11-9(7-10)3-4-12(11)8-14-5-6-15-12;1-3-5(6)7-4-2/h3-4,11H,2,5-10,12H2,1H3;1-2,7,14H,3-6,8H2;3H,1,4H2,2H3/t17-;12-;/m11./s1. The number of esters is 2. The fourth-order valence-electron chi connectivity index (χ4n) is 6.41. The Labute approximate surface area is 278 Å². The summed E-state index contributed by atoms with van der Waals surface area (Å²) in [5.41, 5.74) is 5.29. The Bertz CT molecular complexity index is 1300. The van der Waals surface area contributed by atoms with Gasteiger partial charge in [0, 0.05) is 47.7 Å². The Balaban J connectivity index is 0.000000173. The van der Waals surface area contributed by atoms with Gasteiger partial charge in [0.2, 0.25) is 0 Å². The number of aryl methyl sites for hydroxylation is 2. The molecule has 4 aliphatic rings. The van der Waals surface area contributed by atoms with E-state index in [0.717, 1.165) is 82.2 Å². The van der Waals surface area contributed by atoms with Crippen LogP contribution in [0, 0.1) is 0 Å². The molecule has 2 aromatic carbocycles. The van der Waals surface area contributed by atoms with Crippen LogP contribution in [0.1, 0.15) is 55.4 Å². The summed E-state index contributed by atoms with van der Waals surface area (Å²) in [6.45, 7) is 13.7. The summed E-state index contributed by atoms with van der Waals surface area (Å²) in [6, 6.07) is 13.0. The number of fused-ring (bicyclic) bond motifs is 4. The smallest absolute Gasteiger partial charge is 0.330 e. The molecule has 8 nitrogen and oxygen atoms in total. The van der Waals surface area contributed by atoms with Gasteiger partial charge < -0.3 is 24.3 Å². The first-order chi connectivity index (χ1) is 21.2. The average molecular weight is 737 g/mol. The molecule has 2 aromatic rings. The Morgan fingerprint density at radius 1 is 0.955 bits per heavy atom. The van der Waals surface area contributed by atoms with Crippen LogP contribution in [0.3, 0.4) is 0 Å². The first kappa shape index (κ1) is 34.8. The van der Waals surface area contributed by atoms with E-state index in [1.807, 2.05) is 6.92 Å². The molecule has 2 spiro atoms. The minimum absolute atomic E-state index is 0.0334. The van der Waals surface area contributed by atoms with Gasteiger partial charge in [-0.15, -0.1) is 0 Å². The predicted molar refractivity (Wildman–Crippen MR) is 178 cm³/mol. The molecular weight excluding hydrogens is 692 g/mol. The van der Waals surface area contributed by atoms with Crippen molar-refractivity contribution in [3.63, 3.8) is 0 Å². The van der Waals surface area contributed by atoms with Gasteiger partial charge in [0.1, 0.15) is 11.2 Å². The van der Waals surface area contributed by atoms with Gasteiger partial charge in [-0.25, -0.2) is 4.79 Å². The van der Waals surface area contributed by atoms with Crippen molar-refractivity contribution in [2.45, 2.75) is 57.2 Å². The lowest BCUT2D eigenvalue weighted by molar-refractivity contribution is -0.145. The van der Waals surface area contributed by atoms with E-state index in [4.69, 9.17) is 14.2 Å². The second-order valence-electron chi connectivity index (χ2n) is 11.3. The zero-order valence-electron chi connectivity index (χ0n) is 25.8. The van der Waals surface area contributed by atoms with E-state index in [9.17, 15) is 9.59 Å². The SMILES string of the molecule is Brc1ccc2c(c1)CC[C@@]21CNCCO1.C=CC(=O)OCC.CCOC(=O)CCN1CCO[C@]2(CCc3cc(Br)ccc32)C1. The first-order valence-corrected chi connectivity index (χ1v) is 17.1. The van der Waals surface area contributed by atoms with Crippen LogP contribution in [0.25, 0.3) is 0 Å². The number of nitrogens with zero attached hydrogens (tertiary/aromatic N) is 1. The topological polar surface area (TPSA) is 86.3 Å². The lowest BCUT2D eigenvalue weighted by atomic mass is 9.93. The average Bonchev–Trinajstić information content (AvgIpc) is 3.54. The Hall–Kier alpha value is -2.08. The molecule has 0 bridgehead atoms. The van der Waals surface area contributed by atoms with Crippen LogP contribution >= 0.6 is 31.9 Å². The number of morpholine rings is 2. The number of hydrogen-bond donors (Lipinski definition) is 1. The molecule has 2 fully saturated rings. The highest BCUT2D eigenvalue weighted by atomic mass is 79.9. The molecule has 240 valence electrons. The third kappa shape index (κ3) is 8.79. The van der Waals surface area contributed by atoms with Gasteiger partial charge in [0.15, 0.2) is 0 Å². The number of nitrogens with one attached hydrogen (secondary N) is 1. The van der Waals surface area contributed by atoms with Crippen molar-refractivity contribution >= 4 is 43.8 Å². The summed E-state index contributed by atoms with van der Waals surface area (Å²) in [4.78, 5) is 24.0. The lowest BCUT2D eigenvalue weighted by Crippen LogP contribution is -2.49. The van der Waals surface area contributed by atoms with Gasteiger partial charge in [-0.05, 0) is 86.1 Å². The van der Waals surface area contributed by atoms with Gasteiger partial charge in [0.25, 0.3) is 0 Å². The number of rotatable bonds is 6. The van der Waals surface area contributed by atoms with E-state index in [2.05, 4.69) is 89.8 Å². The minimum atomic E-state index is -0.359. The number of halogens is 2. The molecular formula is C34H44Br2N2O6. The molecule has 0 amide bonds. The van der Waals surface area contributed by atoms with Crippen LogP contribution < -0.4 is 5.32 Å². The molecule has 44 heavy (non-hydrogen) atoms. The van der Waals surface area contributed by atoms with E-state index in [0.29, 0.717) is 19.6 Å². The van der Waals surface area contributed by atoms with Gasteiger partial charge in [-0.2, -0.15) is 0 Å². The van der Waals surface area contributed by atoms with Gasteiger partial charge in [-0.1, -0.05) is 50.6 Å². The van der Waals surface area contributed by atoms with Crippen molar-refractivity contribution in [2.75, 3.05) is 59.2 Å². The van der Waals surface area contributed by atoms with Crippen LogP contribution in [-0.2, 0) is 52.6 Å².